The van der Waals surface area contributed by atoms with Gasteiger partial charge in [-0.15, -0.1) is 0 Å². The number of rotatable bonds is 7. The molecule has 4 unspecified atom stereocenters. The number of sulfonamides is 1. The summed E-state index contributed by atoms with van der Waals surface area (Å²) in [6, 6.07) is 5.40. The molecule has 2 amide bonds. The van der Waals surface area contributed by atoms with Crippen molar-refractivity contribution in [2.75, 3.05) is 30.0 Å². The molecule has 12 heteroatoms. The van der Waals surface area contributed by atoms with Crippen molar-refractivity contribution in [3.05, 3.63) is 23.8 Å². The fraction of sp³-hybridized carbons (Fsp3) is 0.652. The van der Waals surface area contributed by atoms with Crippen LogP contribution in [0.5, 0.6) is 0 Å². The van der Waals surface area contributed by atoms with Gasteiger partial charge in [0, 0.05) is 26.6 Å². The van der Waals surface area contributed by atoms with E-state index in [1.165, 1.54) is 22.8 Å². The predicted molar refractivity (Wildman–Crippen MR) is 130 cm³/mol. The minimum Gasteiger partial charge on any atom is -0.380 e. The third kappa shape index (κ3) is 4.70. The molecule has 4 fully saturated rings. The van der Waals surface area contributed by atoms with Crippen LogP contribution in [0.25, 0.3) is 0 Å². The fourth-order valence-electron chi connectivity index (χ4n) is 5.22. The number of nitrogens with one attached hydrogen (secondary N) is 4. The van der Waals surface area contributed by atoms with Crippen LogP contribution < -0.4 is 25.7 Å². The zero-order valence-corrected chi connectivity index (χ0v) is 20.9. The molecule has 2 aliphatic heterocycles. The first-order chi connectivity index (χ1) is 16.5. The Morgan fingerprint density at radius 1 is 1.26 bits per heavy atom. The summed E-state index contributed by atoms with van der Waals surface area (Å²) in [6.45, 7) is 0. The Balaban J connectivity index is 1.42. The monoisotopic (exact) mass is 508 g/mol. The molecule has 0 spiro atoms. The molecule has 2 saturated carbocycles. The van der Waals surface area contributed by atoms with Crippen molar-refractivity contribution in [3.8, 4) is 0 Å². The summed E-state index contributed by atoms with van der Waals surface area (Å²) in [5.41, 5.74) is 5.31. The maximum absolute atomic E-state index is 13.4. The molecule has 6 atom stereocenters. The molecule has 1 aromatic rings. The number of hydrazine groups is 1. The number of hydrogen-bond acceptors (Lipinski definition) is 7. The lowest BCUT2D eigenvalue weighted by Crippen LogP contribution is -2.63. The van der Waals surface area contributed by atoms with Crippen molar-refractivity contribution in [1.29, 1.82) is 0 Å². The summed E-state index contributed by atoms with van der Waals surface area (Å²) in [4.78, 5) is 25.3. The number of fused-ring (bicyclic) bond motifs is 1. The number of halogens is 1. The fourth-order valence-corrected chi connectivity index (χ4v) is 5.73. The lowest BCUT2D eigenvalue weighted by molar-refractivity contribution is -0.131. The van der Waals surface area contributed by atoms with Crippen molar-refractivity contribution in [3.63, 3.8) is 0 Å². The lowest BCUT2D eigenvalue weighted by Gasteiger charge is -2.39. The van der Waals surface area contributed by atoms with Crippen LogP contribution in [-0.2, 0) is 19.6 Å². The van der Waals surface area contributed by atoms with Crippen LogP contribution in [0.15, 0.2) is 18.2 Å². The van der Waals surface area contributed by atoms with Gasteiger partial charge in [-0.05, 0) is 42.9 Å². The van der Waals surface area contributed by atoms with Gasteiger partial charge in [0.15, 0.2) is 0 Å². The highest BCUT2D eigenvalue weighted by molar-refractivity contribution is 7.92. The smallest absolute Gasteiger partial charge is 0.244 e. The first-order valence-corrected chi connectivity index (χ1v) is 14.0. The van der Waals surface area contributed by atoms with Gasteiger partial charge in [-0.1, -0.05) is 12.5 Å². The summed E-state index contributed by atoms with van der Waals surface area (Å²) >= 11 is 0. The Morgan fingerprint density at radius 2 is 1.97 bits per heavy atom. The molecule has 0 aromatic heterocycles. The summed E-state index contributed by atoms with van der Waals surface area (Å²) in [7, 11) is -0.359. The number of carbonyl (C=O) groups is 2. The van der Waals surface area contributed by atoms with Gasteiger partial charge < -0.3 is 10.6 Å². The van der Waals surface area contributed by atoms with Crippen molar-refractivity contribution < 1.29 is 22.4 Å². The number of carbonyl (C=O) groups excluding carboxylic acids is 2. The summed E-state index contributed by atoms with van der Waals surface area (Å²) in [5, 5.41) is 11.0. The van der Waals surface area contributed by atoms with Gasteiger partial charge in [0.25, 0.3) is 0 Å². The number of amides is 2. The van der Waals surface area contributed by atoms with Crippen LogP contribution >= 0.6 is 0 Å². The van der Waals surface area contributed by atoms with Crippen molar-refractivity contribution in [1.82, 2.24) is 21.1 Å². The van der Waals surface area contributed by atoms with E-state index in [0.29, 0.717) is 23.7 Å². The maximum atomic E-state index is 13.4. The van der Waals surface area contributed by atoms with Crippen LogP contribution in [0.3, 0.4) is 0 Å². The van der Waals surface area contributed by atoms with Gasteiger partial charge in [0.05, 0.1) is 41.8 Å². The van der Waals surface area contributed by atoms with E-state index in [9.17, 15) is 22.4 Å². The zero-order valence-electron chi connectivity index (χ0n) is 20.1. The quantitative estimate of drug-likeness (QED) is 0.431. The molecule has 2 saturated heterocycles. The molecular weight excluding hydrogens is 475 g/mol. The van der Waals surface area contributed by atoms with E-state index in [-0.39, 0.29) is 18.2 Å². The number of hydrogen-bond donors (Lipinski definition) is 4. The highest BCUT2D eigenvalue weighted by Gasteiger charge is 2.50. The van der Waals surface area contributed by atoms with Crippen LogP contribution in [0, 0.1) is 11.8 Å². The number of anilines is 2. The van der Waals surface area contributed by atoms with Crippen molar-refractivity contribution >= 4 is 33.2 Å². The molecule has 0 radical (unpaired) electrons. The van der Waals surface area contributed by atoms with E-state index in [4.69, 9.17) is 0 Å². The molecule has 4 aliphatic rings. The number of benzene rings is 1. The Bertz CT molecular complexity index is 1130. The van der Waals surface area contributed by atoms with E-state index in [1.807, 2.05) is 18.2 Å². The predicted octanol–water partition coefficient (Wildman–Crippen LogP) is 0.843. The summed E-state index contributed by atoms with van der Waals surface area (Å²) in [5.74, 6) is -1.12. The minimum atomic E-state index is -3.52. The standard InChI is InChI=1S/C23H33FN6O4S/c1-29-23(32)20-17(11-19(26-21(20)28-29)27-22(31)14-10-15(14)24)25-16-8-7-13(12-5-4-6-12)9-18(16)30(2)35(3,33)34/h7-9,12,14-15,17,19-21,25-26,28H,4-6,10-11H2,1-3H3,(H,27,31)/t14-,15+,17?,19?,20?,21?/m1/s1. The molecule has 0 bridgehead atoms. The van der Waals surface area contributed by atoms with Gasteiger partial charge in [-0.2, -0.15) is 0 Å². The van der Waals surface area contributed by atoms with E-state index in [0.717, 1.165) is 24.7 Å². The van der Waals surface area contributed by atoms with Gasteiger partial charge in [-0.25, -0.2) is 18.2 Å². The molecule has 5 rings (SSSR count). The van der Waals surface area contributed by atoms with E-state index >= 15 is 0 Å². The third-order valence-electron chi connectivity index (χ3n) is 7.75. The van der Waals surface area contributed by atoms with Crippen molar-refractivity contribution in [2.24, 2.45) is 11.8 Å². The summed E-state index contributed by atoms with van der Waals surface area (Å²) < 4.78 is 39.5. The second-order valence-electron chi connectivity index (χ2n) is 10.2. The van der Waals surface area contributed by atoms with Gasteiger partial charge in [-0.3, -0.25) is 24.2 Å². The zero-order chi connectivity index (χ0) is 25.1. The second kappa shape index (κ2) is 8.90. The minimum absolute atomic E-state index is 0.111. The number of piperidine rings is 1. The van der Waals surface area contributed by atoms with E-state index < -0.39 is 46.4 Å². The first-order valence-electron chi connectivity index (χ1n) is 12.1. The van der Waals surface area contributed by atoms with Crippen LogP contribution in [0.2, 0.25) is 0 Å². The molecule has 2 aliphatic carbocycles. The van der Waals surface area contributed by atoms with Crippen LogP contribution in [0.4, 0.5) is 15.8 Å². The Kier molecular flexibility index (Phi) is 6.17. The van der Waals surface area contributed by atoms with Gasteiger partial charge in [0.2, 0.25) is 21.8 Å². The van der Waals surface area contributed by atoms with E-state index in [1.54, 1.807) is 7.05 Å². The van der Waals surface area contributed by atoms with Crippen molar-refractivity contribution in [2.45, 2.75) is 62.6 Å². The maximum Gasteiger partial charge on any atom is 0.244 e. The third-order valence-corrected chi connectivity index (χ3v) is 8.94. The number of nitrogens with zero attached hydrogens (tertiary/aromatic N) is 2. The molecule has 2 heterocycles. The molecule has 35 heavy (non-hydrogen) atoms. The van der Waals surface area contributed by atoms with Gasteiger partial charge in [0.1, 0.15) is 6.17 Å². The summed E-state index contributed by atoms with van der Waals surface area (Å²) in [6.07, 6.45) is 3.09. The second-order valence-corrected chi connectivity index (χ2v) is 12.3. The van der Waals surface area contributed by atoms with Gasteiger partial charge >= 0.3 is 0 Å². The Hall–Kier alpha value is -2.44. The highest BCUT2D eigenvalue weighted by Crippen LogP contribution is 2.41. The average Bonchev–Trinajstić information content (AvgIpc) is 3.41. The molecule has 4 N–H and O–H groups in total. The Labute approximate surface area is 205 Å². The van der Waals surface area contributed by atoms with Crippen LogP contribution in [-0.4, -0.2) is 70.1 Å². The topological polar surface area (TPSA) is 123 Å². The molecule has 10 nitrogen and oxygen atoms in total. The SMILES string of the molecule is CN1NC2NC(NC(=O)[C@@H]3C[C@@H]3F)CC(Nc3ccc(C4CCC4)cc3N(C)S(C)(=O)=O)C2C1=O. The molecular formula is C23H33FN6O4S. The van der Waals surface area contributed by atoms with E-state index in [2.05, 4.69) is 21.4 Å². The normalized spacial score (nSPS) is 32.6. The lowest BCUT2D eigenvalue weighted by atomic mass is 9.80. The molecule has 192 valence electrons. The van der Waals surface area contributed by atoms with Crippen LogP contribution in [0.1, 0.15) is 43.6 Å². The average molecular weight is 509 g/mol. The Morgan fingerprint density at radius 3 is 2.57 bits per heavy atom. The highest BCUT2D eigenvalue weighted by atomic mass is 32.2. The first kappa shape index (κ1) is 24.3. The largest absolute Gasteiger partial charge is 0.380 e. The number of alkyl halides is 1. The molecule has 1 aromatic carbocycles.